The number of amides is 1. The number of rotatable bonds is 7. The van der Waals surface area contributed by atoms with Gasteiger partial charge in [0.05, 0.1) is 12.0 Å². The molecular weight excluding hydrogens is 300 g/mol. The molecule has 1 aromatic carbocycles. The van der Waals surface area contributed by atoms with E-state index in [1.54, 1.807) is 26.0 Å². The first-order valence-corrected chi connectivity index (χ1v) is 7.31. The lowest BCUT2D eigenvalue weighted by molar-refractivity contribution is -0.138. The fourth-order valence-electron chi connectivity index (χ4n) is 2.02. The molecule has 1 N–H and O–H groups in total. The molecule has 0 aliphatic rings. The zero-order valence-electron chi connectivity index (χ0n) is 11.8. The fraction of sp³-hybridized carbons (Fsp3) is 0.429. The largest absolute Gasteiger partial charge is 0.481 e. The molecule has 0 fully saturated rings. The summed E-state index contributed by atoms with van der Waals surface area (Å²) in [7, 11) is 0. The van der Waals surface area contributed by atoms with E-state index in [-0.39, 0.29) is 16.9 Å². The summed E-state index contributed by atoms with van der Waals surface area (Å²) < 4.78 is 25.1. The third-order valence-corrected chi connectivity index (χ3v) is 3.73. The zero-order valence-corrected chi connectivity index (χ0v) is 12.6. The van der Waals surface area contributed by atoms with Gasteiger partial charge in [-0.2, -0.15) is 8.78 Å². The van der Waals surface area contributed by atoms with Gasteiger partial charge in [0.25, 0.3) is 11.7 Å². The van der Waals surface area contributed by atoms with Gasteiger partial charge in [-0.15, -0.1) is 0 Å². The third-order valence-electron chi connectivity index (χ3n) is 2.94. The van der Waals surface area contributed by atoms with E-state index in [9.17, 15) is 18.4 Å². The van der Waals surface area contributed by atoms with Gasteiger partial charge in [-0.1, -0.05) is 23.9 Å². The van der Waals surface area contributed by atoms with Crippen molar-refractivity contribution in [3.8, 4) is 0 Å². The lowest BCUT2D eigenvalue weighted by atomic mass is 10.1. The second-order valence-electron chi connectivity index (χ2n) is 4.41. The van der Waals surface area contributed by atoms with E-state index in [2.05, 4.69) is 0 Å². The summed E-state index contributed by atoms with van der Waals surface area (Å²) in [6.45, 7) is 3.65. The van der Waals surface area contributed by atoms with Crippen LogP contribution in [0.3, 0.4) is 0 Å². The average Bonchev–Trinajstić information content (AvgIpc) is 2.38. The summed E-state index contributed by atoms with van der Waals surface area (Å²) in [4.78, 5) is 24.8. The Balaban J connectivity index is 3.02. The second kappa shape index (κ2) is 7.97. The fourth-order valence-corrected chi connectivity index (χ4v) is 2.65. The van der Waals surface area contributed by atoms with Crippen LogP contribution in [0.25, 0.3) is 0 Å². The Hall–Kier alpha value is -1.63. The smallest absolute Gasteiger partial charge is 0.305 e. The first-order valence-electron chi connectivity index (χ1n) is 6.43. The second-order valence-corrected chi connectivity index (χ2v) is 5.44. The van der Waals surface area contributed by atoms with Crippen LogP contribution in [0.2, 0.25) is 0 Å². The van der Waals surface area contributed by atoms with Crippen molar-refractivity contribution in [3.63, 3.8) is 0 Å². The minimum Gasteiger partial charge on any atom is -0.481 e. The molecule has 0 aliphatic carbocycles. The number of hydrogen-bond donors (Lipinski definition) is 1. The van der Waals surface area contributed by atoms with Crippen LogP contribution in [0.15, 0.2) is 29.2 Å². The Labute approximate surface area is 126 Å². The van der Waals surface area contributed by atoms with Crippen LogP contribution in [-0.2, 0) is 4.79 Å². The number of halogens is 2. The number of nitrogens with zero attached hydrogens (tertiary/aromatic N) is 1. The standard InChI is InChI=1S/C14H17F2NO3S/c1-3-17(9(2)8-12(18)19)13(20)10-6-4-5-7-11(10)21-14(15)16/h4-7,9,14H,3,8H2,1-2H3,(H,18,19). The highest BCUT2D eigenvalue weighted by atomic mass is 32.2. The van der Waals surface area contributed by atoms with E-state index in [0.29, 0.717) is 18.3 Å². The van der Waals surface area contributed by atoms with Crippen molar-refractivity contribution in [2.24, 2.45) is 0 Å². The first-order chi connectivity index (χ1) is 9.86. The molecule has 1 amide bonds. The number of hydrogen-bond acceptors (Lipinski definition) is 3. The normalized spacial score (nSPS) is 12.2. The summed E-state index contributed by atoms with van der Waals surface area (Å²) in [6.07, 6.45) is -0.191. The van der Waals surface area contributed by atoms with Crippen molar-refractivity contribution >= 4 is 23.6 Å². The van der Waals surface area contributed by atoms with E-state index in [1.807, 2.05) is 0 Å². The monoisotopic (exact) mass is 317 g/mol. The molecule has 1 rings (SSSR count). The number of alkyl halides is 2. The van der Waals surface area contributed by atoms with Crippen molar-refractivity contribution in [2.45, 2.75) is 37.0 Å². The highest BCUT2D eigenvalue weighted by molar-refractivity contribution is 7.99. The van der Waals surface area contributed by atoms with Crippen molar-refractivity contribution in [2.75, 3.05) is 6.54 Å². The minimum atomic E-state index is -2.62. The Morgan fingerprint density at radius 2 is 1.95 bits per heavy atom. The van der Waals surface area contributed by atoms with Crippen molar-refractivity contribution in [1.29, 1.82) is 0 Å². The van der Waals surface area contributed by atoms with Crippen LogP contribution >= 0.6 is 11.8 Å². The van der Waals surface area contributed by atoms with E-state index in [1.165, 1.54) is 17.0 Å². The number of benzene rings is 1. The molecule has 0 saturated heterocycles. The maximum absolute atomic E-state index is 12.5. The van der Waals surface area contributed by atoms with Crippen LogP contribution in [0.1, 0.15) is 30.6 Å². The predicted molar refractivity (Wildman–Crippen MR) is 76.7 cm³/mol. The van der Waals surface area contributed by atoms with Crippen molar-refractivity contribution < 1.29 is 23.5 Å². The molecule has 0 radical (unpaired) electrons. The molecule has 0 spiro atoms. The summed E-state index contributed by atoms with van der Waals surface area (Å²) in [5, 5.41) is 8.81. The summed E-state index contributed by atoms with van der Waals surface area (Å²) in [5.74, 6) is -4.07. The molecule has 116 valence electrons. The molecule has 0 bridgehead atoms. The molecule has 1 aromatic rings. The van der Waals surface area contributed by atoms with Crippen LogP contribution in [0.5, 0.6) is 0 Å². The molecule has 0 saturated carbocycles. The lowest BCUT2D eigenvalue weighted by Gasteiger charge is -2.27. The molecule has 21 heavy (non-hydrogen) atoms. The molecule has 4 nitrogen and oxygen atoms in total. The van der Waals surface area contributed by atoms with E-state index < -0.39 is 23.7 Å². The molecule has 0 aromatic heterocycles. The molecule has 0 aliphatic heterocycles. The number of carbonyl (C=O) groups is 2. The Morgan fingerprint density at radius 1 is 1.33 bits per heavy atom. The highest BCUT2D eigenvalue weighted by Crippen LogP contribution is 2.29. The van der Waals surface area contributed by atoms with E-state index in [0.717, 1.165) is 0 Å². The summed E-state index contributed by atoms with van der Waals surface area (Å²) >= 11 is 0.310. The molecular formula is C14H17F2NO3S. The third kappa shape index (κ3) is 5.00. The average molecular weight is 317 g/mol. The maximum Gasteiger partial charge on any atom is 0.305 e. The molecule has 1 atom stereocenters. The summed E-state index contributed by atoms with van der Waals surface area (Å²) in [5.41, 5.74) is 0.168. The Kier molecular flexibility index (Phi) is 6.61. The van der Waals surface area contributed by atoms with Gasteiger partial charge >= 0.3 is 5.97 Å². The van der Waals surface area contributed by atoms with Crippen LogP contribution in [-0.4, -0.2) is 40.2 Å². The SMILES string of the molecule is CCN(C(=O)c1ccccc1SC(F)F)C(C)CC(=O)O. The summed E-state index contributed by atoms with van der Waals surface area (Å²) in [6, 6.07) is 5.60. The van der Waals surface area contributed by atoms with E-state index in [4.69, 9.17) is 5.11 Å². The first kappa shape index (κ1) is 17.4. The van der Waals surface area contributed by atoms with Gasteiger partial charge < -0.3 is 10.0 Å². The van der Waals surface area contributed by atoms with Crippen LogP contribution < -0.4 is 0 Å². The topological polar surface area (TPSA) is 57.6 Å². The quantitative estimate of drug-likeness (QED) is 0.784. The predicted octanol–water partition coefficient (Wildman–Crippen LogP) is 3.33. The van der Waals surface area contributed by atoms with Crippen molar-refractivity contribution in [1.82, 2.24) is 4.90 Å². The molecule has 1 unspecified atom stereocenters. The number of thioether (sulfide) groups is 1. The van der Waals surface area contributed by atoms with Gasteiger partial charge in [0.1, 0.15) is 0 Å². The van der Waals surface area contributed by atoms with Gasteiger partial charge in [-0.05, 0) is 26.0 Å². The number of carboxylic acids is 1. The minimum absolute atomic E-state index is 0.168. The van der Waals surface area contributed by atoms with E-state index >= 15 is 0 Å². The number of carbonyl (C=O) groups excluding carboxylic acids is 1. The Bertz CT molecular complexity index is 511. The van der Waals surface area contributed by atoms with Crippen LogP contribution in [0, 0.1) is 0 Å². The molecule has 7 heteroatoms. The zero-order chi connectivity index (χ0) is 16.0. The van der Waals surface area contributed by atoms with Gasteiger partial charge in [0.2, 0.25) is 0 Å². The van der Waals surface area contributed by atoms with Gasteiger partial charge in [-0.25, -0.2) is 0 Å². The van der Waals surface area contributed by atoms with Gasteiger partial charge in [-0.3, -0.25) is 9.59 Å². The Morgan fingerprint density at radius 3 is 2.48 bits per heavy atom. The molecule has 0 heterocycles. The maximum atomic E-state index is 12.5. The number of aliphatic carboxylic acids is 1. The van der Waals surface area contributed by atoms with Crippen molar-refractivity contribution in [3.05, 3.63) is 29.8 Å². The highest BCUT2D eigenvalue weighted by Gasteiger charge is 2.24. The number of carboxylic acid groups (broad SMARTS) is 1. The van der Waals surface area contributed by atoms with Gasteiger partial charge in [0.15, 0.2) is 0 Å². The van der Waals surface area contributed by atoms with Gasteiger partial charge in [0, 0.05) is 17.5 Å². The lowest BCUT2D eigenvalue weighted by Crippen LogP contribution is -2.39. The van der Waals surface area contributed by atoms with Crippen LogP contribution in [0.4, 0.5) is 8.78 Å².